The molecule has 0 saturated carbocycles. The minimum atomic E-state index is 0.0686. The lowest BCUT2D eigenvalue weighted by atomic mass is 10.1. The number of amides is 1. The van der Waals surface area contributed by atoms with Gasteiger partial charge in [-0.05, 0) is 32.0 Å². The number of benzene rings is 1. The summed E-state index contributed by atoms with van der Waals surface area (Å²) in [5, 5.41) is 3.02. The standard InChI is InChI=1S/C15H22N2O2/c1-17-8-7-12(11-17)10-16-15(18)9-13-5-3-4-6-14(13)19-2/h3-6,12H,7-11H2,1-2H3,(H,16,18)/t12-/m1/s1. The summed E-state index contributed by atoms with van der Waals surface area (Å²) in [6, 6.07) is 7.65. The predicted octanol–water partition coefficient (Wildman–Crippen LogP) is 1.31. The summed E-state index contributed by atoms with van der Waals surface area (Å²) >= 11 is 0. The van der Waals surface area contributed by atoms with Crippen molar-refractivity contribution in [3.63, 3.8) is 0 Å². The van der Waals surface area contributed by atoms with Crippen molar-refractivity contribution in [3.8, 4) is 5.75 Å². The summed E-state index contributed by atoms with van der Waals surface area (Å²) < 4.78 is 5.25. The molecule has 0 unspecified atom stereocenters. The minimum Gasteiger partial charge on any atom is -0.496 e. The number of ether oxygens (including phenoxy) is 1. The van der Waals surface area contributed by atoms with Crippen molar-refractivity contribution in [1.82, 2.24) is 10.2 Å². The fourth-order valence-electron chi connectivity index (χ4n) is 2.54. The van der Waals surface area contributed by atoms with Crippen molar-refractivity contribution in [2.75, 3.05) is 33.8 Å². The molecule has 1 fully saturated rings. The van der Waals surface area contributed by atoms with Gasteiger partial charge in [-0.15, -0.1) is 0 Å². The largest absolute Gasteiger partial charge is 0.496 e. The summed E-state index contributed by atoms with van der Waals surface area (Å²) in [4.78, 5) is 14.2. The average molecular weight is 262 g/mol. The monoisotopic (exact) mass is 262 g/mol. The molecule has 1 aromatic rings. The van der Waals surface area contributed by atoms with E-state index in [0.717, 1.165) is 30.9 Å². The zero-order chi connectivity index (χ0) is 13.7. The van der Waals surface area contributed by atoms with Crippen LogP contribution in [0, 0.1) is 5.92 Å². The highest BCUT2D eigenvalue weighted by atomic mass is 16.5. The second-order valence-electron chi connectivity index (χ2n) is 5.21. The van der Waals surface area contributed by atoms with Crippen molar-refractivity contribution in [1.29, 1.82) is 0 Å². The first-order valence-electron chi connectivity index (χ1n) is 6.76. The van der Waals surface area contributed by atoms with Crippen LogP contribution < -0.4 is 10.1 Å². The summed E-state index contributed by atoms with van der Waals surface area (Å²) in [7, 11) is 3.75. The van der Waals surface area contributed by atoms with Crippen LogP contribution in [-0.2, 0) is 11.2 Å². The molecule has 1 aromatic carbocycles. The maximum atomic E-state index is 11.9. The number of rotatable bonds is 5. The van der Waals surface area contributed by atoms with Crippen LogP contribution >= 0.6 is 0 Å². The fraction of sp³-hybridized carbons (Fsp3) is 0.533. The lowest BCUT2D eigenvalue weighted by Gasteiger charge is -2.12. The number of likely N-dealkylation sites (tertiary alicyclic amines) is 1. The molecule has 104 valence electrons. The Balaban J connectivity index is 1.81. The Hall–Kier alpha value is -1.55. The maximum absolute atomic E-state index is 11.9. The third-order valence-electron chi connectivity index (χ3n) is 3.62. The maximum Gasteiger partial charge on any atom is 0.224 e. The molecule has 1 aliphatic rings. The summed E-state index contributed by atoms with van der Waals surface area (Å²) in [6.07, 6.45) is 1.55. The Morgan fingerprint density at radius 1 is 1.47 bits per heavy atom. The van der Waals surface area contributed by atoms with Crippen molar-refractivity contribution in [2.45, 2.75) is 12.8 Å². The van der Waals surface area contributed by atoms with E-state index >= 15 is 0 Å². The predicted molar refractivity (Wildman–Crippen MR) is 75.3 cm³/mol. The Labute approximate surface area is 114 Å². The molecule has 1 aliphatic heterocycles. The Morgan fingerprint density at radius 2 is 2.26 bits per heavy atom. The van der Waals surface area contributed by atoms with Gasteiger partial charge in [-0.2, -0.15) is 0 Å². The first-order valence-corrected chi connectivity index (χ1v) is 6.76. The zero-order valence-corrected chi connectivity index (χ0v) is 11.7. The molecule has 4 heteroatoms. The molecule has 1 heterocycles. The van der Waals surface area contributed by atoms with Crippen molar-refractivity contribution >= 4 is 5.91 Å². The number of carbonyl (C=O) groups excluding carboxylic acids is 1. The molecule has 0 aromatic heterocycles. The van der Waals surface area contributed by atoms with Crippen LogP contribution in [0.2, 0.25) is 0 Å². The molecule has 0 spiro atoms. The Kier molecular flexibility index (Phi) is 4.80. The summed E-state index contributed by atoms with van der Waals surface area (Å²) in [5.41, 5.74) is 0.936. The molecule has 0 aliphatic carbocycles. The molecule has 0 radical (unpaired) electrons. The SMILES string of the molecule is COc1ccccc1CC(=O)NC[C@H]1CCN(C)C1. The van der Waals surface area contributed by atoms with E-state index in [4.69, 9.17) is 4.74 Å². The average Bonchev–Trinajstić information content (AvgIpc) is 2.83. The normalized spacial score (nSPS) is 19.4. The van der Waals surface area contributed by atoms with Crippen LogP contribution in [0.1, 0.15) is 12.0 Å². The fourth-order valence-corrected chi connectivity index (χ4v) is 2.54. The van der Waals surface area contributed by atoms with Gasteiger partial charge in [-0.25, -0.2) is 0 Å². The molecule has 2 rings (SSSR count). The molecule has 19 heavy (non-hydrogen) atoms. The number of hydrogen-bond acceptors (Lipinski definition) is 3. The minimum absolute atomic E-state index is 0.0686. The molecule has 4 nitrogen and oxygen atoms in total. The van der Waals surface area contributed by atoms with Crippen LogP contribution in [0.15, 0.2) is 24.3 Å². The second kappa shape index (κ2) is 6.57. The topological polar surface area (TPSA) is 41.6 Å². The zero-order valence-electron chi connectivity index (χ0n) is 11.7. The Morgan fingerprint density at radius 3 is 2.95 bits per heavy atom. The van der Waals surface area contributed by atoms with Crippen molar-refractivity contribution in [3.05, 3.63) is 29.8 Å². The van der Waals surface area contributed by atoms with E-state index in [1.165, 1.54) is 6.42 Å². The van der Waals surface area contributed by atoms with E-state index in [0.29, 0.717) is 12.3 Å². The number of nitrogens with zero attached hydrogens (tertiary/aromatic N) is 1. The first kappa shape index (κ1) is 13.9. The molecule has 1 N–H and O–H groups in total. The van der Waals surface area contributed by atoms with Crippen LogP contribution in [0.25, 0.3) is 0 Å². The molecule has 0 bridgehead atoms. The lowest BCUT2D eigenvalue weighted by molar-refractivity contribution is -0.120. The van der Waals surface area contributed by atoms with Crippen molar-refractivity contribution in [2.24, 2.45) is 5.92 Å². The van der Waals surface area contributed by atoms with E-state index in [2.05, 4.69) is 17.3 Å². The highest BCUT2D eigenvalue weighted by Gasteiger charge is 2.19. The summed E-state index contributed by atoms with van der Waals surface area (Å²) in [6.45, 7) is 2.99. The van der Waals surface area contributed by atoms with E-state index in [-0.39, 0.29) is 5.91 Å². The van der Waals surface area contributed by atoms with E-state index in [1.54, 1.807) is 7.11 Å². The van der Waals surface area contributed by atoms with Gasteiger partial charge in [0.2, 0.25) is 5.91 Å². The number of hydrogen-bond donors (Lipinski definition) is 1. The van der Waals surface area contributed by atoms with Gasteiger partial charge in [0, 0.05) is 18.7 Å². The molecular weight excluding hydrogens is 240 g/mol. The highest BCUT2D eigenvalue weighted by molar-refractivity contribution is 5.79. The lowest BCUT2D eigenvalue weighted by Crippen LogP contribution is -2.31. The molecule has 1 atom stereocenters. The third kappa shape index (κ3) is 3.96. The van der Waals surface area contributed by atoms with Gasteiger partial charge in [0.15, 0.2) is 0 Å². The van der Waals surface area contributed by atoms with Gasteiger partial charge in [-0.3, -0.25) is 4.79 Å². The summed E-state index contributed by atoms with van der Waals surface area (Å²) in [5.74, 6) is 1.43. The number of carbonyl (C=O) groups is 1. The Bertz CT molecular complexity index is 434. The van der Waals surface area contributed by atoms with E-state index in [9.17, 15) is 4.79 Å². The van der Waals surface area contributed by atoms with Crippen LogP contribution in [0.3, 0.4) is 0 Å². The van der Waals surface area contributed by atoms with Crippen LogP contribution in [-0.4, -0.2) is 44.6 Å². The van der Waals surface area contributed by atoms with Gasteiger partial charge in [-0.1, -0.05) is 18.2 Å². The highest BCUT2D eigenvalue weighted by Crippen LogP contribution is 2.18. The van der Waals surface area contributed by atoms with Gasteiger partial charge in [0.1, 0.15) is 5.75 Å². The van der Waals surface area contributed by atoms with Crippen LogP contribution in [0.5, 0.6) is 5.75 Å². The second-order valence-corrected chi connectivity index (χ2v) is 5.21. The van der Waals surface area contributed by atoms with E-state index < -0.39 is 0 Å². The van der Waals surface area contributed by atoms with Gasteiger partial charge in [0.25, 0.3) is 0 Å². The third-order valence-corrected chi connectivity index (χ3v) is 3.62. The van der Waals surface area contributed by atoms with Gasteiger partial charge < -0.3 is 15.0 Å². The molecule has 1 saturated heterocycles. The number of nitrogens with one attached hydrogen (secondary N) is 1. The van der Waals surface area contributed by atoms with Gasteiger partial charge in [0.05, 0.1) is 13.5 Å². The molecular formula is C15H22N2O2. The smallest absolute Gasteiger partial charge is 0.224 e. The van der Waals surface area contributed by atoms with Crippen molar-refractivity contribution < 1.29 is 9.53 Å². The first-order chi connectivity index (χ1) is 9.19. The number of para-hydroxylation sites is 1. The number of methoxy groups -OCH3 is 1. The van der Waals surface area contributed by atoms with Crippen LogP contribution in [0.4, 0.5) is 0 Å². The van der Waals surface area contributed by atoms with Gasteiger partial charge >= 0.3 is 0 Å². The van der Waals surface area contributed by atoms with E-state index in [1.807, 2.05) is 24.3 Å². The molecule has 1 amide bonds. The quantitative estimate of drug-likeness (QED) is 0.870.